The van der Waals surface area contributed by atoms with Gasteiger partial charge in [0.25, 0.3) is 5.91 Å². The minimum absolute atomic E-state index is 0.0442. The minimum Gasteiger partial charge on any atom is -0.491 e. The molecule has 1 N–H and O–H groups in total. The summed E-state index contributed by atoms with van der Waals surface area (Å²) in [5.74, 6) is 0.295. The summed E-state index contributed by atoms with van der Waals surface area (Å²) in [4.78, 5) is 21.6. The molecule has 1 aliphatic rings. The molecule has 1 aromatic carbocycles. The quantitative estimate of drug-likeness (QED) is 0.679. The lowest BCUT2D eigenvalue weighted by Crippen LogP contribution is -2.46. The lowest BCUT2D eigenvalue weighted by molar-refractivity contribution is 0.00921. The Morgan fingerprint density at radius 1 is 1.30 bits per heavy atom. The lowest BCUT2D eigenvalue weighted by Gasteiger charge is -2.35. The van der Waals surface area contributed by atoms with E-state index < -0.39 is 10.0 Å². The molecule has 11 heteroatoms. The number of fused-ring (bicyclic) bond motifs is 1. The molecular weight excluding hydrogens is 464 g/mol. The van der Waals surface area contributed by atoms with Gasteiger partial charge >= 0.3 is 0 Å². The number of methoxy groups -OCH3 is 1. The van der Waals surface area contributed by atoms with Gasteiger partial charge < -0.3 is 14.4 Å². The van der Waals surface area contributed by atoms with Crippen LogP contribution in [0.25, 0.3) is 0 Å². The van der Waals surface area contributed by atoms with E-state index in [0.29, 0.717) is 36.7 Å². The Morgan fingerprint density at radius 2 is 2.06 bits per heavy atom. The van der Waals surface area contributed by atoms with Gasteiger partial charge in [-0.05, 0) is 31.0 Å². The molecule has 1 amide bonds. The van der Waals surface area contributed by atoms with Crippen LogP contribution in [0.15, 0.2) is 29.8 Å². The molecule has 9 nitrogen and oxygen atoms in total. The molecule has 2 heterocycles. The number of sulfonamides is 1. The Morgan fingerprint density at radius 3 is 2.70 bits per heavy atom. The number of aromatic nitrogens is 1. The zero-order chi connectivity index (χ0) is 24.2. The Bertz CT molecular complexity index is 1050. The first kappa shape index (κ1) is 25.4. The summed E-state index contributed by atoms with van der Waals surface area (Å²) in [6, 6.07) is 4.79. The number of carbonyl (C=O) groups excluding carboxylic acids is 1. The normalized spacial score (nSPS) is 23.2. The summed E-state index contributed by atoms with van der Waals surface area (Å²) in [7, 11) is -0.114. The van der Waals surface area contributed by atoms with Gasteiger partial charge in [0, 0.05) is 50.6 Å². The highest BCUT2D eigenvalue weighted by atomic mass is 32.2. The zero-order valence-electron chi connectivity index (χ0n) is 19.6. The molecule has 0 bridgehead atoms. The van der Waals surface area contributed by atoms with E-state index in [1.165, 1.54) is 6.07 Å². The van der Waals surface area contributed by atoms with Gasteiger partial charge in [-0.15, -0.1) is 11.3 Å². The summed E-state index contributed by atoms with van der Waals surface area (Å²) >= 11 is 1.62. The van der Waals surface area contributed by atoms with Crippen molar-refractivity contribution in [3.8, 4) is 5.75 Å². The van der Waals surface area contributed by atoms with E-state index >= 15 is 0 Å². The van der Waals surface area contributed by atoms with Crippen LogP contribution in [0.3, 0.4) is 0 Å². The monoisotopic (exact) mass is 496 g/mol. The Hall–Kier alpha value is -2.21. The zero-order valence-corrected chi connectivity index (χ0v) is 21.3. The third-order valence-electron chi connectivity index (χ3n) is 5.70. The van der Waals surface area contributed by atoms with Gasteiger partial charge in [0.2, 0.25) is 10.0 Å². The summed E-state index contributed by atoms with van der Waals surface area (Å²) in [5, 5.41) is 2.99. The van der Waals surface area contributed by atoms with Gasteiger partial charge in [0.1, 0.15) is 17.4 Å². The van der Waals surface area contributed by atoms with E-state index in [-0.39, 0.29) is 24.0 Å². The number of nitrogens with zero attached hydrogens (tertiary/aromatic N) is 3. The molecule has 0 radical (unpaired) electrons. The van der Waals surface area contributed by atoms with Crippen molar-refractivity contribution in [2.45, 2.75) is 32.5 Å². The number of rotatable bonds is 5. The summed E-state index contributed by atoms with van der Waals surface area (Å²) < 4.78 is 37.7. The van der Waals surface area contributed by atoms with E-state index in [0.717, 1.165) is 17.8 Å². The van der Waals surface area contributed by atoms with Crippen LogP contribution < -0.4 is 9.46 Å². The minimum atomic E-state index is -3.48. The van der Waals surface area contributed by atoms with Gasteiger partial charge in [-0.2, -0.15) is 0 Å². The predicted molar refractivity (Wildman–Crippen MR) is 129 cm³/mol. The fraction of sp³-hybridized carbons (Fsp3) is 0.545. The Balaban J connectivity index is 1.95. The number of hydrogen-bond acceptors (Lipinski definition) is 8. The molecule has 2 aromatic rings. The second-order valence-corrected chi connectivity index (χ2v) is 11.3. The largest absolute Gasteiger partial charge is 0.491 e. The van der Waals surface area contributed by atoms with Crippen molar-refractivity contribution in [2.24, 2.45) is 5.92 Å². The van der Waals surface area contributed by atoms with Gasteiger partial charge in [-0.1, -0.05) is 6.92 Å². The van der Waals surface area contributed by atoms with Crippen molar-refractivity contribution in [1.29, 1.82) is 0 Å². The van der Waals surface area contributed by atoms with Crippen LogP contribution in [0.5, 0.6) is 5.75 Å². The molecule has 1 aromatic heterocycles. The Labute approximate surface area is 199 Å². The molecular formula is C22H32N4O5S2. The smallest absolute Gasteiger partial charge is 0.257 e. The molecule has 1 aliphatic heterocycles. The van der Waals surface area contributed by atoms with Gasteiger partial charge in [0.15, 0.2) is 0 Å². The highest BCUT2D eigenvalue weighted by molar-refractivity contribution is 7.92. The fourth-order valence-corrected chi connectivity index (χ4v) is 5.05. The van der Waals surface area contributed by atoms with Crippen molar-refractivity contribution in [1.82, 2.24) is 14.8 Å². The predicted octanol–water partition coefficient (Wildman–Crippen LogP) is 2.52. The third kappa shape index (κ3) is 6.89. The molecule has 0 spiro atoms. The average molecular weight is 497 g/mol. The molecule has 0 unspecified atom stereocenters. The molecule has 3 atom stereocenters. The van der Waals surface area contributed by atoms with Crippen molar-refractivity contribution in [2.75, 3.05) is 44.8 Å². The van der Waals surface area contributed by atoms with E-state index in [4.69, 9.17) is 9.47 Å². The van der Waals surface area contributed by atoms with E-state index in [1.54, 1.807) is 48.7 Å². The van der Waals surface area contributed by atoms with Gasteiger partial charge in [-0.25, -0.2) is 13.4 Å². The number of ether oxygens (including phenoxy) is 2. The first-order valence-electron chi connectivity index (χ1n) is 10.7. The molecule has 33 heavy (non-hydrogen) atoms. The van der Waals surface area contributed by atoms with Crippen molar-refractivity contribution < 1.29 is 22.7 Å². The summed E-state index contributed by atoms with van der Waals surface area (Å²) in [6.07, 6.45) is 2.70. The van der Waals surface area contributed by atoms with E-state index in [9.17, 15) is 13.2 Å². The first-order valence-corrected chi connectivity index (χ1v) is 13.5. The highest BCUT2D eigenvalue weighted by Gasteiger charge is 2.29. The molecule has 0 fully saturated rings. The number of hydrogen-bond donors (Lipinski definition) is 1. The van der Waals surface area contributed by atoms with Crippen LogP contribution in [-0.2, 0) is 21.3 Å². The second kappa shape index (κ2) is 10.8. The Kier molecular flexibility index (Phi) is 8.33. The number of amides is 1. The van der Waals surface area contributed by atoms with Crippen molar-refractivity contribution >= 4 is 33.0 Å². The summed E-state index contributed by atoms with van der Waals surface area (Å²) in [5.41, 5.74) is 0.608. The van der Waals surface area contributed by atoms with Crippen LogP contribution in [0.1, 0.15) is 29.2 Å². The maximum absolute atomic E-state index is 13.3. The topological polar surface area (TPSA) is 101 Å². The average Bonchev–Trinajstić information content (AvgIpc) is 3.26. The second-order valence-electron chi connectivity index (χ2n) is 8.54. The molecule has 182 valence electrons. The number of benzene rings is 1. The molecule has 0 saturated carbocycles. The number of carbonyl (C=O) groups is 1. The lowest BCUT2D eigenvalue weighted by atomic mass is 10.0. The standard InChI is InChI=1S/C22H32N4O5S2/c1-15-11-26(13-21-23-8-9-32-21)16(2)14-31-19-7-6-17(24-33(5,28)29)10-18(19)22(27)25(3)12-20(15)30-4/h6-10,15-16,20,24H,11-14H2,1-5H3/t15-,16-,20-/m0/s1. The van der Waals surface area contributed by atoms with Gasteiger partial charge in [-0.3, -0.25) is 14.4 Å². The van der Waals surface area contributed by atoms with E-state index in [2.05, 4.69) is 28.5 Å². The van der Waals surface area contributed by atoms with Crippen LogP contribution >= 0.6 is 11.3 Å². The number of nitrogens with one attached hydrogen (secondary N) is 1. The number of anilines is 1. The van der Waals surface area contributed by atoms with Crippen LogP contribution in [0, 0.1) is 5.92 Å². The van der Waals surface area contributed by atoms with Crippen LogP contribution in [0.4, 0.5) is 5.69 Å². The number of thiazole rings is 1. The van der Waals surface area contributed by atoms with Gasteiger partial charge in [0.05, 0.1) is 24.5 Å². The third-order valence-corrected chi connectivity index (χ3v) is 7.07. The van der Waals surface area contributed by atoms with Crippen LogP contribution in [0.2, 0.25) is 0 Å². The molecule has 0 saturated heterocycles. The molecule has 3 rings (SSSR count). The van der Waals surface area contributed by atoms with Crippen LogP contribution in [-0.4, -0.2) is 81.4 Å². The van der Waals surface area contributed by atoms with Crippen molar-refractivity contribution in [3.05, 3.63) is 40.3 Å². The highest BCUT2D eigenvalue weighted by Crippen LogP contribution is 2.27. The maximum atomic E-state index is 13.3. The fourth-order valence-electron chi connectivity index (χ4n) is 3.85. The van der Waals surface area contributed by atoms with Crippen molar-refractivity contribution in [3.63, 3.8) is 0 Å². The SMILES string of the molecule is CO[C@H]1CN(C)C(=O)c2cc(NS(C)(=O)=O)ccc2OC[C@H](C)N(Cc2nccs2)C[C@@H]1C. The summed E-state index contributed by atoms with van der Waals surface area (Å²) in [6.45, 7) is 6.40. The van der Waals surface area contributed by atoms with E-state index in [1.807, 2.05) is 5.38 Å². The maximum Gasteiger partial charge on any atom is 0.257 e. The number of likely N-dealkylation sites (N-methyl/N-ethyl adjacent to an activating group) is 1. The molecule has 0 aliphatic carbocycles. The first-order chi connectivity index (χ1) is 15.6.